The summed E-state index contributed by atoms with van der Waals surface area (Å²) >= 11 is 0. The summed E-state index contributed by atoms with van der Waals surface area (Å²) in [7, 11) is -4.45. The fourth-order valence-corrected chi connectivity index (χ4v) is 4.74. The van der Waals surface area contributed by atoms with Crippen molar-refractivity contribution in [3.8, 4) is 0 Å². The molecule has 3 aromatic heterocycles. The standard InChI is InChI=1S/C16H17F3N6O2S/c1-9-22-12-6-21-14-11(2-4-20-14)13(12)15(23-9)25-5-3-10(7-25)24-28(26,27)8-16(17,18)19/h2,4,6,10,24H,3,5,7-8H2,1H3,(H,22,23). The summed E-state index contributed by atoms with van der Waals surface area (Å²) in [6.07, 6.45) is -1.11. The number of H-pyrrole nitrogens is 1. The number of halogens is 3. The van der Waals surface area contributed by atoms with Gasteiger partial charge in [-0.15, -0.1) is 0 Å². The van der Waals surface area contributed by atoms with Gasteiger partial charge in [0.2, 0.25) is 10.0 Å². The summed E-state index contributed by atoms with van der Waals surface area (Å²) in [6.45, 7) is 2.47. The van der Waals surface area contributed by atoms with E-state index < -0.39 is 28.0 Å². The Morgan fingerprint density at radius 1 is 1.36 bits per heavy atom. The van der Waals surface area contributed by atoms with E-state index in [0.717, 1.165) is 16.3 Å². The predicted molar refractivity (Wildman–Crippen MR) is 97.5 cm³/mol. The number of rotatable bonds is 4. The van der Waals surface area contributed by atoms with E-state index >= 15 is 0 Å². The summed E-state index contributed by atoms with van der Waals surface area (Å²) in [5.74, 6) is -0.615. The maximum Gasteiger partial charge on any atom is 0.404 e. The Kier molecular flexibility index (Phi) is 4.42. The van der Waals surface area contributed by atoms with E-state index in [9.17, 15) is 21.6 Å². The summed E-state index contributed by atoms with van der Waals surface area (Å²) in [6, 6.07) is 1.20. The lowest BCUT2D eigenvalue weighted by Crippen LogP contribution is -2.41. The van der Waals surface area contributed by atoms with Crippen molar-refractivity contribution in [1.29, 1.82) is 0 Å². The number of pyridine rings is 1. The largest absolute Gasteiger partial charge is 0.404 e. The van der Waals surface area contributed by atoms with Gasteiger partial charge in [-0.25, -0.2) is 28.1 Å². The van der Waals surface area contributed by atoms with Crippen molar-refractivity contribution in [3.63, 3.8) is 0 Å². The SMILES string of the molecule is Cc1nc(N2CCC(NS(=O)(=O)CC(F)(F)F)C2)c2c(cnc3nccc32)[nH]1. The van der Waals surface area contributed by atoms with E-state index in [1.807, 2.05) is 11.0 Å². The number of aryl methyl sites for hydroxylation is 1. The first-order chi connectivity index (χ1) is 13.1. The Hall–Kier alpha value is -2.47. The van der Waals surface area contributed by atoms with Gasteiger partial charge in [0.25, 0.3) is 0 Å². The maximum atomic E-state index is 12.4. The Balaban J connectivity index is 1.64. The third-order valence-corrected chi connectivity index (χ3v) is 5.93. The zero-order valence-electron chi connectivity index (χ0n) is 14.8. The van der Waals surface area contributed by atoms with Gasteiger partial charge in [-0.2, -0.15) is 13.2 Å². The second-order valence-corrected chi connectivity index (χ2v) is 8.55. The highest BCUT2D eigenvalue weighted by molar-refractivity contribution is 7.89. The molecule has 2 N–H and O–H groups in total. The molecule has 150 valence electrons. The molecule has 0 radical (unpaired) electrons. The first-order valence-corrected chi connectivity index (χ1v) is 10.2. The van der Waals surface area contributed by atoms with Crippen LogP contribution in [0.3, 0.4) is 0 Å². The van der Waals surface area contributed by atoms with E-state index in [4.69, 9.17) is 0 Å². The third kappa shape index (κ3) is 3.74. The van der Waals surface area contributed by atoms with Crippen molar-refractivity contribution in [2.45, 2.75) is 25.6 Å². The summed E-state index contributed by atoms with van der Waals surface area (Å²) in [5.41, 5.74) is 1.32. The third-order valence-electron chi connectivity index (χ3n) is 4.53. The van der Waals surface area contributed by atoms with Gasteiger partial charge in [0, 0.05) is 30.7 Å². The van der Waals surface area contributed by atoms with E-state index in [1.165, 1.54) is 0 Å². The van der Waals surface area contributed by atoms with Crippen LogP contribution in [0.1, 0.15) is 12.2 Å². The minimum atomic E-state index is -4.78. The van der Waals surface area contributed by atoms with Crippen LogP contribution in [0.4, 0.5) is 19.0 Å². The maximum absolute atomic E-state index is 12.4. The molecule has 0 aliphatic carbocycles. The molecule has 0 amide bonds. The number of hydrogen-bond acceptors (Lipinski definition) is 6. The predicted octanol–water partition coefficient (Wildman–Crippen LogP) is 1.87. The van der Waals surface area contributed by atoms with Crippen LogP contribution in [-0.2, 0) is 10.0 Å². The molecule has 1 aliphatic rings. The fourth-order valence-electron chi connectivity index (χ4n) is 3.52. The molecule has 8 nitrogen and oxygen atoms in total. The molecule has 0 spiro atoms. The molecule has 0 saturated carbocycles. The minimum Gasteiger partial charge on any atom is -0.354 e. The number of anilines is 1. The van der Waals surface area contributed by atoms with Gasteiger partial charge >= 0.3 is 6.18 Å². The van der Waals surface area contributed by atoms with Crippen LogP contribution in [0.5, 0.6) is 0 Å². The first kappa shape index (κ1) is 18.9. The van der Waals surface area contributed by atoms with Crippen molar-refractivity contribution in [2.24, 2.45) is 0 Å². The lowest BCUT2D eigenvalue weighted by atomic mass is 10.2. The van der Waals surface area contributed by atoms with Gasteiger partial charge in [0.15, 0.2) is 11.4 Å². The molecular weight excluding hydrogens is 397 g/mol. The molecule has 0 aromatic carbocycles. The second-order valence-electron chi connectivity index (χ2n) is 6.80. The van der Waals surface area contributed by atoms with Crippen LogP contribution in [0.15, 0.2) is 18.5 Å². The number of nitrogens with one attached hydrogen (secondary N) is 2. The molecule has 1 unspecified atom stereocenters. The Labute approximate surface area is 158 Å². The molecule has 1 aliphatic heterocycles. The van der Waals surface area contributed by atoms with Gasteiger partial charge in [0.1, 0.15) is 11.6 Å². The van der Waals surface area contributed by atoms with Crippen LogP contribution >= 0.6 is 0 Å². The highest BCUT2D eigenvalue weighted by Crippen LogP contribution is 2.32. The molecular formula is C16H17F3N6O2S. The van der Waals surface area contributed by atoms with Gasteiger partial charge in [-0.1, -0.05) is 0 Å². The molecule has 0 bridgehead atoms. The lowest BCUT2D eigenvalue weighted by Gasteiger charge is -2.21. The van der Waals surface area contributed by atoms with Crippen LogP contribution in [0, 0.1) is 6.92 Å². The number of alkyl halides is 3. The first-order valence-electron chi connectivity index (χ1n) is 8.53. The van der Waals surface area contributed by atoms with Crippen LogP contribution in [-0.4, -0.2) is 59.4 Å². The zero-order valence-corrected chi connectivity index (χ0v) is 15.6. The number of sulfonamides is 1. The number of fused-ring (bicyclic) bond motifs is 3. The summed E-state index contributed by atoms with van der Waals surface area (Å²) in [5, 5.41) is 1.60. The van der Waals surface area contributed by atoms with Crippen molar-refractivity contribution < 1.29 is 21.6 Å². The van der Waals surface area contributed by atoms with Crippen LogP contribution in [0.25, 0.3) is 21.9 Å². The normalized spacial score (nSPS) is 18.4. The number of hydrogen-bond donors (Lipinski definition) is 2. The van der Waals surface area contributed by atoms with E-state index in [0.29, 0.717) is 30.3 Å². The van der Waals surface area contributed by atoms with E-state index in [1.54, 1.807) is 19.3 Å². The molecule has 28 heavy (non-hydrogen) atoms. The van der Waals surface area contributed by atoms with Crippen molar-refractivity contribution in [1.82, 2.24) is 24.7 Å². The Morgan fingerprint density at radius 3 is 2.89 bits per heavy atom. The molecule has 4 rings (SSSR count). The van der Waals surface area contributed by atoms with Crippen molar-refractivity contribution in [3.05, 3.63) is 24.3 Å². The second kappa shape index (κ2) is 6.55. The smallest absolute Gasteiger partial charge is 0.354 e. The molecule has 1 saturated heterocycles. The number of aromatic amines is 1. The summed E-state index contributed by atoms with van der Waals surface area (Å²) < 4.78 is 63.0. The fraction of sp³-hybridized carbons (Fsp3) is 0.438. The van der Waals surface area contributed by atoms with E-state index in [2.05, 4.69) is 24.7 Å². The molecule has 3 aromatic rings. The topological polar surface area (TPSA) is 104 Å². The lowest BCUT2D eigenvalue weighted by molar-refractivity contribution is -0.106. The minimum absolute atomic E-state index is 0.223. The monoisotopic (exact) mass is 414 g/mol. The van der Waals surface area contributed by atoms with Gasteiger partial charge in [0.05, 0.1) is 17.1 Å². The zero-order chi connectivity index (χ0) is 20.1. The average molecular weight is 414 g/mol. The van der Waals surface area contributed by atoms with Gasteiger partial charge in [-0.05, 0) is 19.4 Å². The van der Waals surface area contributed by atoms with Gasteiger partial charge < -0.3 is 9.88 Å². The molecule has 12 heteroatoms. The molecule has 4 heterocycles. The van der Waals surface area contributed by atoms with E-state index in [-0.39, 0.29) is 6.54 Å². The van der Waals surface area contributed by atoms with Crippen molar-refractivity contribution in [2.75, 3.05) is 23.7 Å². The Morgan fingerprint density at radius 2 is 2.14 bits per heavy atom. The molecule has 1 atom stereocenters. The average Bonchev–Trinajstić information content (AvgIpc) is 3.19. The number of aromatic nitrogens is 4. The highest BCUT2D eigenvalue weighted by Gasteiger charge is 2.37. The van der Waals surface area contributed by atoms with Crippen LogP contribution in [0.2, 0.25) is 0 Å². The quantitative estimate of drug-likeness (QED) is 0.676. The van der Waals surface area contributed by atoms with Crippen molar-refractivity contribution >= 4 is 37.8 Å². The Bertz CT molecular complexity index is 1140. The van der Waals surface area contributed by atoms with Crippen LogP contribution < -0.4 is 9.62 Å². The highest BCUT2D eigenvalue weighted by atomic mass is 32.2. The molecule has 1 fully saturated rings. The van der Waals surface area contributed by atoms with Gasteiger partial charge in [-0.3, -0.25) is 0 Å². The number of nitrogens with zero attached hydrogens (tertiary/aromatic N) is 4. The summed E-state index contributed by atoms with van der Waals surface area (Å²) in [4.78, 5) is 18.1.